The Labute approximate surface area is 127 Å². The number of benzene rings is 2. The molecule has 1 unspecified atom stereocenters. The largest absolute Gasteiger partial charge is 0.399 e. The van der Waals surface area contributed by atoms with Gasteiger partial charge in [-0.25, -0.2) is 0 Å². The number of hydrogen-bond acceptors (Lipinski definition) is 2. The first-order valence-electron chi connectivity index (χ1n) is 6.45. The van der Waals surface area contributed by atoms with Gasteiger partial charge in [0.1, 0.15) is 0 Å². The van der Waals surface area contributed by atoms with Gasteiger partial charge in [0.15, 0.2) is 0 Å². The Morgan fingerprint density at radius 3 is 2.35 bits per heavy atom. The molecule has 2 aromatic carbocycles. The molecule has 2 aromatic rings. The zero-order valence-electron chi connectivity index (χ0n) is 11.3. The number of carbonyl (C=O) groups excluding carboxylic acids is 1. The minimum Gasteiger partial charge on any atom is -0.399 e. The van der Waals surface area contributed by atoms with E-state index in [1.54, 1.807) is 0 Å². The lowest BCUT2D eigenvalue weighted by Gasteiger charge is -2.12. The van der Waals surface area contributed by atoms with Crippen molar-refractivity contribution in [3.05, 3.63) is 58.6 Å². The fraction of sp³-hybridized carbons (Fsp3) is 0.188. The molecule has 0 aliphatic heterocycles. The summed E-state index contributed by atoms with van der Waals surface area (Å²) in [5.41, 5.74) is 8.32. The molecule has 0 saturated heterocycles. The number of nitrogens with two attached hydrogens (primary N) is 1. The molecule has 0 aliphatic rings. The SMILES string of the molecule is CC(CC(=O)Nc1ccc(Br)cc1)c1ccc(N)cc1. The molecule has 0 fully saturated rings. The molecule has 20 heavy (non-hydrogen) atoms. The zero-order valence-corrected chi connectivity index (χ0v) is 12.9. The zero-order chi connectivity index (χ0) is 14.5. The van der Waals surface area contributed by atoms with Crippen LogP contribution in [0.5, 0.6) is 0 Å². The maximum atomic E-state index is 12.0. The van der Waals surface area contributed by atoms with Gasteiger partial charge in [-0.3, -0.25) is 4.79 Å². The number of anilines is 2. The standard InChI is InChI=1S/C16H17BrN2O/c1-11(12-2-6-14(18)7-3-12)10-16(20)19-15-8-4-13(17)5-9-15/h2-9,11H,10,18H2,1H3,(H,19,20). The van der Waals surface area contributed by atoms with E-state index in [9.17, 15) is 4.79 Å². The average molecular weight is 333 g/mol. The minimum absolute atomic E-state index is 0.0108. The van der Waals surface area contributed by atoms with Crippen molar-refractivity contribution in [2.24, 2.45) is 0 Å². The molecule has 0 aromatic heterocycles. The number of nitrogen functional groups attached to an aromatic ring is 1. The minimum atomic E-state index is 0.0108. The third kappa shape index (κ3) is 4.10. The van der Waals surface area contributed by atoms with Crippen molar-refractivity contribution in [3.63, 3.8) is 0 Å². The Bertz CT molecular complexity index is 578. The van der Waals surface area contributed by atoms with E-state index in [0.29, 0.717) is 6.42 Å². The van der Waals surface area contributed by atoms with E-state index in [0.717, 1.165) is 21.4 Å². The number of nitrogens with one attached hydrogen (secondary N) is 1. The van der Waals surface area contributed by atoms with Crippen molar-refractivity contribution in [2.45, 2.75) is 19.3 Å². The fourth-order valence-electron chi connectivity index (χ4n) is 1.97. The lowest BCUT2D eigenvalue weighted by Crippen LogP contribution is -2.14. The predicted molar refractivity (Wildman–Crippen MR) is 86.7 cm³/mol. The van der Waals surface area contributed by atoms with Crippen molar-refractivity contribution >= 4 is 33.2 Å². The van der Waals surface area contributed by atoms with Crippen molar-refractivity contribution in [2.75, 3.05) is 11.1 Å². The van der Waals surface area contributed by atoms with E-state index in [-0.39, 0.29) is 11.8 Å². The van der Waals surface area contributed by atoms with Gasteiger partial charge in [-0.1, -0.05) is 35.0 Å². The van der Waals surface area contributed by atoms with E-state index in [1.807, 2.05) is 55.5 Å². The van der Waals surface area contributed by atoms with Crippen molar-refractivity contribution in [1.82, 2.24) is 0 Å². The van der Waals surface area contributed by atoms with Crippen LogP contribution >= 0.6 is 15.9 Å². The summed E-state index contributed by atoms with van der Waals surface area (Å²) in [4.78, 5) is 12.0. The van der Waals surface area contributed by atoms with Crippen LogP contribution in [0, 0.1) is 0 Å². The van der Waals surface area contributed by atoms with Gasteiger partial charge in [0.25, 0.3) is 0 Å². The normalized spacial score (nSPS) is 11.9. The molecule has 4 heteroatoms. The molecule has 0 bridgehead atoms. The number of amides is 1. The summed E-state index contributed by atoms with van der Waals surface area (Å²) in [6, 6.07) is 15.2. The molecular formula is C16H17BrN2O. The fourth-order valence-corrected chi connectivity index (χ4v) is 2.23. The summed E-state index contributed by atoms with van der Waals surface area (Å²) in [5.74, 6) is 0.169. The van der Waals surface area contributed by atoms with Crippen LogP contribution in [-0.2, 0) is 4.79 Å². The molecule has 0 spiro atoms. The summed E-state index contributed by atoms with van der Waals surface area (Å²) >= 11 is 3.37. The van der Waals surface area contributed by atoms with E-state index in [1.165, 1.54) is 0 Å². The topological polar surface area (TPSA) is 55.1 Å². The second kappa shape index (κ2) is 6.57. The van der Waals surface area contributed by atoms with Gasteiger partial charge in [-0.05, 0) is 47.9 Å². The lowest BCUT2D eigenvalue weighted by atomic mass is 9.97. The number of carbonyl (C=O) groups is 1. The van der Waals surface area contributed by atoms with Gasteiger partial charge in [-0.15, -0.1) is 0 Å². The number of halogens is 1. The van der Waals surface area contributed by atoms with Gasteiger partial charge in [-0.2, -0.15) is 0 Å². The van der Waals surface area contributed by atoms with Crippen molar-refractivity contribution < 1.29 is 4.79 Å². The number of hydrogen-bond donors (Lipinski definition) is 2. The first-order chi connectivity index (χ1) is 9.54. The van der Waals surface area contributed by atoms with E-state index >= 15 is 0 Å². The lowest BCUT2D eigenvalue weighted by molar-refractivity contribution is -0.116. The molecule has 0 radical (unpaired) electrons. The molecule has 0 aliphatic carbocycles. The average Bonchev–Trinajstić information content (AvgIpc) is 2.42. The van der Waals surface area contributed by atoms with Crippen molar-refractivity contribution in [3.8, 4) is 0 Å². The Morgan fingerprint density at radius 2 is 1.75 bits per heavy atom. The quantitative estimate of drug-likeness (QED) is 0.826. The third-order valence-electron chi connectivity index (χ3n) is 3.13. The molecular weight excluding hydrogens is 316 g/mol. The van der Waals surface area contributed by atoms with Gasteiger partial charge in [0.05, 0.1) is 0 Å². The van der Waals surface area contributed by atoms with Gasteiger partial charge in [0.2, 0.25) is 5.91 Å². The van der Waals surface area contributed by atoms with Crippen LogP contribution in [0.15, 0.2) is 53.0 Å². The summed E-state index contributed by atoms with van der Waals surface area (Å²) in [6.45, 7) is 2.03. The van der Waals surface area contributed by atoms with E-state index < -0.39 is 0 Å². The van der Waals surface area contributed by atoms with Crippen LogP contribution in [0.2, 0.25) is 0 Å². The Morgan fingerprint density at radius 1 is 1.15 bits per heavy atom. The van der Waals surface area contributed by atoms with Crippen LogP contribution in [-0.4, -0.2) is 5.91 Å². The second-order valence-electron chi connectivity index (χ2n) is 4.83. The highest BCUT2D eigenvalue weighted by Gasteiger charge is 2.11. The Balaban J connectivity index is 1.93. The maximum Gasteiger partial charge on any atom is 0.224 e. The summed E-state index contributed by atoms with van der Waals surface area (Å²) in [5, 5.41) is 2.90. The molecule has 0 heterocycles. The van der Waals surface area contributed by atoms with Gasteiger partial charge in [0, 0.05) is 22.3 Å². The molecule has 104 valence electrons. The maximum absolute atomic E-state index is 12.0. The summed E-state index contributed by atoms with van der Waals surface area (Å²) in [7, 11) is 0. The summed E-state index contributed by atoms with van der Waals surface area (Å²) in [6.07, 6.45) is 0.444. The molecule has 1 atom stereocenters. The molecule has 1 amide bonds. The highest BCUT2D eigenvalue weighted by atomic mass is 79.9. The van der Waals surface area contributed by atoms with Crippen molar-refractivity contribution in [1.29, 1.82) is 0 Å². The highest BCUT2D eigenvalue weighted by Crippen LogP contribution is 2.21. The summed E-state index contributed by atoms with van der Waals surface area (Å²) < 4.78 is 0.991. The molecule has 2 rings (SSSR count). The van der Waals surface area contributed by atoms with Crippen LogP contribution in [0.25, 0.3) is 0 Å². The second-order valence-corrected chi connectivity index (χ2v) is 5.74. The predicted octanol–water partition coefficient (Wildman–Crippen LogP) is 4.16. The van der Waals surface area contributed by atoms with Crippen LogP contribution in [0.1, 0.15) is 24.8 Å². The smallest absolute Gasteiger partial charge is 0.224 e. The molecule has 3 nitrogen and oxygen atoms in total. The molecule has 3 N–H and O–H groups in total. The van der Waals surface area contributed by atoms with Gasteiger partial charge >= 0.3 is 0 Å². The Kier molecular flexibility index (Phi) is 4.79. The third-order valence-corrected chi connectivity index (χ3v) is 3.65. The Hall–Kier alpha value is -1.81. The van der Waals surface area contributed by atoms with Crippen LogP contribution in [0.4, 0.5) is 11.4 Å². The molecule has 0 saturated carbocycles. The van der Waals surface area contributed by atoms with E-state index in [2.05, 4.69) is 21.2 Å². The van der Waals surface area contributed by atoms with Crippen LogP contribution in [0.3, 0.4) is 0 Å². The monoisotopic (exact) mass is 332 g/mol. The van der Waals surface area contributed by atoms with Gasteiger partial charge < -0.3 is 11.1 Å². The first-order valence-corrected chi connectivity index (χ1v) is 7.25. The number of rotatable bonds is 4. The highest BCUT2D eigenvalue weighted by molar-refractivity contribution is 9.10. The first kappa shape index (κ1) is 14.6. The van der Waals surface area contributed by atoms with E-state index in [4.69, 9.17) is 5.73 Å². The van der Waals surface area contributed by atoms with Crippen LogP contribution < -0.4 is 11.1 Å².